The van der Waals surface area contributed by atoms with Gasteiger partial charge in [0.1, 0.15) is 5.69 Å². The van der Waals surface area contributed by atoms with Crippen molar-refractivity contribution >= 4 is 0 Å². The third-order valence-electron chi connectivity index (χ3n) is 2.32. The van der Waals surface area contributed by atoms with Crippen LogP contribution in [0.4, 0.5) is 0 Å². The number of hydrogen-bond donors (Lipinski definition) is 1. The predicted molar refractivity (Wildman–Crippen MR) is 60.7 cm³/mol. The summed E-state index contributed by atoms with van der Waals surface area (Å²) in [7, 11) is 0. The lowest BCUT2D eigenvalue weighted by atomic mass is 10.1. The zero-order valence-corrected chi connectivity index (χ0v) is 8.95. The van der Waals surface area contributed by atoms with Crippen LogP contribution in [0, 0.1) is 0 Å². The van der Waals surface area contributed by atoms with E-state index in [2.05, 4.69) is 15.0 Å². The van der Waals surface area contributed by atoms with E-state index < -0.39 is 0 Å². The van der Waals surface area contributed by atoms with Gasteiger partial charge >= 0.3 is 0 Å². The SMILES string of the molecule is [N-]=[N+]=NCc1ccc(-c2ocnc2CO)cc1. The molecule has 1 N–H and O–H groups in total. The molecule has 2 rings (SSSR count). The van der Waals surface area contributed by atoms with E-state index >= 15 is 0 Å². The predicted octanol–water partition coefficient (Wildman–Crippen LogP) is 2.64. The van der Waals surface area contributed by atoms with Crippen LogP contribution in [-0.2, 0) is 13.2 Å². The minimum Gasteiger partial charge on any atom is -0.443 e. The van der Waals surface area contributed by atoms with Crippen molar-refractivity contribution in [2.75, 3.05) is 0 Å². The molecule has 0 spiro atoms. The Bertz CT molecular complexity index is 541. The molecule has 1 heterocycles. The molecule has 6 heteroatoms. The first-order chi connectivity index (χ1) is 8.35. The van der Waals surface area contributed by atoms with Gasteiger partial charge in [0.25, 0.3) is 0 Å². The molecule has 0 aliphatic rings. The molecule has 0 aliphatic heterocycles. The smallest absolute Gasteiger partial charge is 0.181 e. The lowest BCUT2D eigenvalue weighted by Crippen LogP contribution is -1.87. The van der Waals surface area contributed by atoms with E-state index in [9.17, 15) is 0 Å². The van der Waals surface area contributed by atoms with Crippen molar-refractivity contribution < 1.29 is 9.52 Å². The van der Waals surface area contributed by atoms with E-state index in [1.54, 1.807) is 0 Å². The summed E-state index contributed by atoms with van der Waals surface area (Å²) in [6.45, 7) is 0.159. The molecule has 0 unspecified atom stereocenters. The van der Waals surface area contributed by atoms with Crippen molar-refractivity contribution in [1.29, 1.82) is 0 Å². The summed E-state index contributed by atoms with van der Waals surface area (Å²) in [5.41, 5.74) is 10.5. The quantitative estimate of drug-likeness (QED) is 0.496. The molecule has 1 aromatic carbocycles. The minimum atomic E-state index is -0.160. The number of hydrogen-bond acceptors (Lipinski definition) is 4. The fraction of sp³-hybridized carbons (Fsp3) is 0.182. The van der Waals surface area contributed by atoms with Crippen LogP contribution >= 0.6 is 0 Å². The molecule has 0 radical (unpaired) electrons. The van der Waals surface area contributed by atoms with Crippen molar-refractivity contribution in [2.45, 2.75) is 13.2 Å². The first-order valence-corrected chi connectivity index (χ1v) is 4.98. The zero-order chi connectivity index (χ0) is 12.1. The molecule has 17 heavy (non-hydrogen) atoms. The van der Waals surface area contributed by atoms with Crippen molar-refractivity contribution in [1.82, 2.24) is 4.98 Å². The number of aliphatic hydroxyl groups is 1. The third kappa shape index (κ3) is 2.44. The maximum atomic E-state index is 9.06. The normalized spacial score (nSPS) is 9.94. The largest absolute Gasteiger partial charge is 0.443 e. The molecule has 0 bridgehead atoms. The van der Waals surface area contributed by atoms with E-state index in [0.29, 0.717) is 18.0 Å². The van der Waals surface area contributed by atoms with Crippen LogP contribution in [0.3, 0.4) is 0 Å². The molecule has 0 atom stereocenters. The lowest BCUT2D eigenvalue weighted by molar-refractivity contribution is 0.277. The van der Waals surface area contributed by atoms with Crippen LogP contribution in [0.25, 0.3) is 21.8 Å². The van der Waals surface area contributed by atoms with Gasteiger partial charge in [-0.2, -0.15) is 0 Å². The van der Waals surface area contributed by atoms with E-state index in [0.717, 1.165) is 11.1 Å². The van der Waals surface area contributed by atoms with Crippen LogP contribution in [0.15, 0.2) is 40.2 Å². The first kappa shape index (κ1) is 11.2. The van der Waals surface area contributed by atoms with Gasteiger partial charge < -0.3 is 9.52 Å². The molecule has 6 nitrogen and oxygen atoms in total. The second kappa shape index (κ2) is 5.16. The fourth-order valence-electron chi connectivity index (χ4n) is 1.49. The molecule has 1 aromatic heterocycles. The van der Waals surface area contributed by atoms with Gasteiger partial charge in [0, 0.05) is 10.5 Å². The molecule has 0 amide bonds. The van der Waals surface area contributed by atoms with Crippen molar-refractivity contribution in [3.8, 4) is 11.3 Å². The average Bonchev–Trinajstić information content (AvgIpc) is 2.85. The van der Waals surface area contributed by atoms with E-state index in [1.807, 2.05) is 24.3 Å². The van der Waals surface area contributed by atoms with Crippen molar-refractivity contribution in [3.63, 3.8) is 0 Å². The van der Waals surface area contributed by atoms with Crippen LogP contribution < -0.4 is 0 Å². The summed E-state index contributed by atoms with van der Waals surface area (Å²) in [5.74, 6) is 0.558. The van der Waals surface area contributed by atoms with E-state index in [4.69, 9.17) is 15.1 Å². The van der Waals surface area contributed by atoms with Gasteiger partial charge in [0.15, 0.2) is 12.2 Å². The summed E-state index contributed by atoms with van der Waals surface area (Å²) >= 11 is 0. The zero-order valence-electron chi connectivity index (χ0n) is 8.95. The van der Waals surface area contributed by atoms with Gasteiger partial charge in [0.2, 0.25) is 0 Å². The molecule has 0 fully saturated rings. The van der Waals surface area contributed by atoms with Crippen LogP contribution in [0.2, 0.25) is 0 Å². The van der Waals surface area contributed by atoms with Gasteiger partial charge in [0.05, 0.1) is 13.2 Å². The highest BCUT2D eigenvalue weighted by Crippen LogP contribution is 2.23. The second-order valence-electron chi connectivity index (χ2n) is 3.37. The molecule has 86 valence electrons. The van der Waals surface area contributed by atoms with Crippen LogP contribution in [0.5, 0.6) is 0 Å². The summed E-state index contributed by atoms with van der Waals surface area (Å²) in [5, 5.41) is 12.5. The highest BCUT2D eigenvalue weighted by atomic mass is 16.3. The van der Waals surface area contributed by atoms with Gasteiger partial charge in [-0.3, -0.25) is 0 Å². The molecule has 0 aliphatic carbocycles. The van der Waals surface area contributed by atoms with E-state index in [-0.39, 0.29) is 6.61 Å². The molecule has 2 aromatic rings. The van der Waals surface area contributed by atoms with Crippen LogP contribution in [0.1, 0.15) is 11.3 Å². The lowest BCUT2D eigenvalue weighted by Gasteiger charge is -2.00. The summed E-state index contributed by atoms with van der Waals surface area (Å²) < 4.78 is 5.21. The van der Waals surface area contributed by atoms with E-state index in [1.165, 1.54) is 6.39 Å². The Hall–Kier alpha value is -2.30. The standard InChI is InChI=1S/C11H10N4O2/c12-15-14-5-8-1-3-9(4-2-8)11-10(6-16)13-7-17-11/h1-4,7,16H,5-6H2. The number of rotatable bonds is 4. The van der Waals surface area contributed by atoms with Crippen molar-refractivity contribution in [3.05, 3.63) is 52.4 Å². The highest BCUT2D eigenvalue weighted by Gasteiger charge is 2.09. The average molecular weight is 230 g/mol. The topological polar surface area (TPSA) is 95.0 Å². The van der Waals surface area contributed by atoms with Gasteiger partial charge in [-0.05, 0) is 11.1 Å². The molecule has 0 saturated carbocycles. The van der Waals surface area contributed by atoms with Crippen LogP contribution in [-0.4, -0.2) is 10.1 Å². The number of oxazole rings is 1. The number of azide groups is 1. The maximum absolute atomic E-state index is 9.06. The highest BCUT2D eigenvalue weighted by molar-refractivity contribution is 5.59. The Morgan fingerprint density at radius 1 is 1.35 bits per heavy atom. The molecular weight excluding hydrogens is 220 g/mol. The molecular formula is C11H10N4O2. The monoisotopic (exact) mass is 230 g/mol. The number of nitrogens with zero attached hydrogens (tertiary/aromatic N) is 4. The Morgan fingerprint density at radius 3 is 2.76 bits per heavy atom. The third-order valence-corrected chi connectivity index (χ3v) is 2.32. The Balaban J connectivity index is 2.26. The summed E-state index contributed by atoms with van der Waals surface area (Å²) in [6, 6.07) is 7.35. The first-order valence-electron chi connectivity index (χ1n) is 4.98. The fourth-order valence-corrected chi connectivity index (χ4v) is 1.49. The second-order valence-corrected chi connectivity index (χ2v) is 3.37. The Labute approximate surface area is 97.2 Å². The number of benzene rings is 1. The van der Waals surface area contributed by atoms with Gasteiger partial charge in [-0.15, -0.1) is 0 Å². The van der Waals surface area contributed by atoms with Crippen molar-refractivity contribution in [2.24, 2.45) is 5.11 Å². The Morgan fingerprint density at radius 2 is 2.12 bits per heavy atom. The summed E-state index contributed by atoms with van der Waals surface area (Å²) in [4.78, 5) is 6.59. The van der Waals surface area contributed by atoms with Gasteiger partial charge in [-0.1, -0.05) is 29.4 Å². The summed E-state index contributed by atoms with van der Waals surface area (Å²) in [6.07, 6.45) is 1.30. The van der Waals surface area contributed by atoms with Gasteiger partial charge in [-0.25, -0.2) is 4.98 Å². The minimum absolute atomic E-state index is 0.160. The number of aliphatic hydroxyl groups excluding tert-OH is 1. The molecule has 0 saturated heterocycles. The maximum Gasteiger partial charge on any atom is 0.181 e. The Kier molecular flexibility index (Phi) is 3.40. The number of aromatic nitrogens is 1.